The minimum Gasteiger partial charge on any atom is -0.508 e. The molecule has 0 amide bonds. The highest BCUT2D eigenvalue weighted by Crippen LogP contribution is 2.40. The summed E-state index contributed by atoms with van der Waals surface area (Å²) in [6.07, 6.45) is -15.2. The molecule has 2 aliphatic heterocycles. The molecule has 42 heavy (non-hydrogen) atoms. The summed E-state index contributed by atoms with van der Waals surface area (Å²) in [5, 5.41) is 91.3. The Morgan fingerprint density at radius 1 is 0.690 bits per heavy atom. The Morgan fingerprint density at radius 3 is 1.83 bits per heavy atom. The van der Waals surface area contributed by atoms with Crippen molar-refractivity contribution in [3.8, 4) is 40.1 Å². The maximum atomic E-state index is 14.0. The average molecular weight is 595 g/mol. The Kier molecular flexibility index (Phi) is 7.95. The summed E-state index contributed by atoms with van der Waals surface area (Å²) in [5.74, 6) is -2.90. The van der Waals surface area contributed by atoms with E-state index in [1.807, 2.05) is 0 Å². The number of aromatic hydroxyl groups is 3. The van der Waals surface area contributed by atoms with Crippen molar-refractivity contribution in [2.75, 3.05) is 0 Å². The second-order valence-electron chi connectivity index (χ2n) is 10.2. The third kappa shape index (κ3) is 5.21. The lowest BCUT2D eigenvalue weighted by Gasteiger charge is -2.39. The lowest BCUT2D eigenvalue weighted by atomic mass is 10.00. The highest BCUT2D eigenvalue weighted by atomic mass is 16.7. The van der Waals surface area contributed by atoms with Gasteiger partial charge in [0.2, 0.25) is 23.8 Å². The number of phenolic OH excluding ortho intramolecular Hbond substituents is 3. The van der Waals surface area contributed by atoms with Crippen LogP contribution in [0.1, 0.15) is 13.8 Å². The topological polar surface area (TPSA) is 249 Å². The molecule has 3 heterocycles. The predicted octanol–water partition coefficient (Wildman–Crippen LogP) is -1.01. The smallest absolute Gasteiger partial charge is 0.239 e. The first-order valence-corrected chi connectivity index (χ1v) is 12.9. The van der Waals surface area contributed by atoms with Gasteiger partial charge in [-0.3, -0.25) is 4.79 Å². The summed E-state index contributed by atoms with van der Waals surface area (Å²) in [6.45, 7) is 2.81. The number of benzene rings is 2. The molecule has 0 aliphatic carbocycles. The highest BCUT2D eigenvalue weighted by Gasteiger charge is 2.45. The third-order valence-corrected chi connectivity index (χ3v) is 7.23. The van der Waals surface area contributed by atoms with Gasteiger partial charge >= 0.3 is 0 Å². The summed E-state index contributed by atoms with van der Waals surface area (Å²) < 4.78 is 28.2. The van der Waals surface area contributed by atoms with Crippen molar-refractivity contribution < 1.29 is 69.3 Å². The molecule has 15 heteroatoms. The third-order valence-electron chi connectivity index (χ3n) is 7.23. The van der Waals surface area contributed by atoms with Crippen molar-refractivity contribution >= 4 is 11.0 Å². The number of phenols is 3. The summed E-state index contributed by atoms with van der Waals surface area (Å²) in [4.78, 5) is 14.0. The Morgan fingerprint density at radius 2 is 1.26 bits per heavy atom. The van der Waals surface area contributed by atoms with Gasteiger partial charge in [0.15, 0.2) is 17.3 Å². The SMILES string of the molecule is C[C@@H]1O[C@H](Oc2c(-c3ccc(O)c(O)c3)oc3cc(O)cc(O[C@H]4O[C@@H](C)[C@H](O)[C@@H](O)[C@H]4O)c3c2=O)[C@H](O)[C@H](O)[C@H]1O. The van der Waals surface area contributed by atoms with Gasteiger partial charge in [0.25, 0.3) is 0 Å². The maximum Gasteiger partial charge on any atom is 0.239 e. The quantitative estimate of drug-likeness (QED) is 0.161. The molecule has 2 fully saturated rings. The van der Waals surface area contributed by atoms with E-state index in [1.165, 1.54) is 19.9 Å². The van der Waals surface area contributed by atoms with Crippen molar-refractivity contribution in [3.63, 3.8) is 0 Å². The van der Waals surface area contributed by atoms with Crippen LogP contribution < -0.4 is 14.9 Å². The second-order valence-corrected chi connectivity index (χ2v) is 10.2. The minimum absolute atomic E-state index is 0.000938. The zero-order chi connectivity index (χ0) is 30.6. The molecule has 3 aromatic rings. The molecule has 0 saturated carbocycles. The van der Waals surface area contributed by atoms with E-state index in [2.05, 4.69) is 0 Å². The largest absolute Gasteiger partial charge is 0.508 e. The van der Waals surface area contributed by atoms with E-state index < -0.39 is 95.6 Å². The van der Waals surface area contributed by atoms with Crippen molar-refractivity contribution in [1.29, 1.82) is 0 Å². The molecule has 10 atom stereocenters. The Bertz CT molecular complexity index is 1520. The van der Waals surface area contributed by atoms with Crippen LogP contribution in [0, 0.1) is 0 Å². The predicted molar refractivity (Wildman–Crippen MR) is 139 cm³/mol. The molecular formula is C27H30O15. The summed E-state index contributed by atoms with van der Waals surface area (Å²) >= 11 is 0. The van der Waals surface area contributed by atoms with Gasteiger partial charge in [-0.25, -0.2) is 0 Å². The van der Waals surface area contributed by atoms with Gasteiger partial charge < -0.3 is 69.3 Å². The van der Waals surface area contributed by atoms with E-state index in [4.69, 9.17) is 23.4 Å². The molecule has 2 aliphatic rings. The van der Waals surface area contributed by atoms with Crippen molar-refractivity contribution in [1.82, 2.24) is 0 Å². The number of fused-ring (bicyclic) bond motifs is 1. The molecule has 15 nitrogen and oxygen atoms in total. The van der Waals surface area contributed by atoms with E-state index in [1.54, 1.807) is 0 Å². The zero-order valence-corrected chi connectivity index (χ0v) is 22.1. The van der Waals surface area contributed by atoms with E-state index in [9.17, 15) is 50.8 Å². The molecule has 2 saturated heterocycles. The van der Waals surface area contributed by atoms with Gasteiger partial charge in [0.1, 0.15) is 59.1 Å². The fourth-order valence-electron chi connectivity index (χ4n) is 4.77. The lowest BCUT2D eigenvalue weighted by molar-refractivity contribution is -0.268. The minimum atomic E-state index is -1.83. The Balaban J connectivity index is 1.67. The van der Waals surface area contributed by atoms with Crippen LogP contribution in [0.15, 0.2) is 39.5 Å². The number of rotatable bonds is 5. The second kappa shape index (κ2) is 11.2. The number of aliphatic hydroxyl groups excluding tert-OH is 6. The van der Waals surface area contributed by atoms with Crippen LogP contribution in [0.5, 0.6) is 28.7 Å². The lowest BCUT2D eigenvalue weighted by Crippen LogP contribution is -2.58. The first-order valence-electron chi connectivity index (χ1n) is 12.9. The number of ether oxygens (including phenoxy) is 4. The number of hydrogen-bond acceptors (Lipinski definition) is 15. The van der Waals surface area contributed by atoms with Gasteiger partial charge in [-0.05, 0) is 32.0 Å². The first-order chi connectivity index (χ1) is 19.8. The molecule has 228 valence electrons. The molecule has 0 bridgehead atoms. The van der Waals surface area contributed by atoms with Crippen LogP contribution in [0.2, 0.25) is 0 Å². The molecule has 0 unspecified atom stereocenters. The van der Waals surface area contributed by atoms with E-state index in [0.717, 1.165) is 24.3 Å². The van der Waals surface area contributed by atoms with Gasteiger partial charge in [0, 0.05) is 17.7 Å². The summed E-state index contributed by atoms with van der Waals surface area (Å²) in [7, 11) is 0. The standard InChI is InChI=1S/C27H30O15/c1-8-17(31)20(34)22(36)26(38-8)41-15-7-11(28)6-14-16(15)19(33)25(24(40-14)10-3-4-12(29)13(30)5-10)42-27-23(37)21(35)18(32)9(2)39-27/h3-9,17-18,20-23,26-32,34-37H,1-2H3/t8-,9-,17-,18-,20+,21+,22+,23+,26+,27+/m0/s1. The van der Waals surface area contributed by atoms with Crippen LogP contribution in [0.4, 0.5) is 0 Å². The molecule has 2 aromatic carbocycles. The van der Waals surface area contributed by atoms with Crippen LogP contribution in [0.25, 0.3) is 22.3 Å². The van der Waals surface area contributed by atoms with Crippen LogP contribution in [0.3, 0.4) is 0 Å². The van der Waals surface area contributed by atoms with Crippen LogP contribution >= 0.6 is 0 Å². The molecule has 0 radical (unpaired) electrons. The average Bonchev–Trinajstić information content (AvgIpc) is 2.94. The Hall–Kier alpha value is -3.67. The van der Waals surface area contributed by atoms with E-state index in [0.29, 0.717) is 0 Å². The van der Waals surface area contributed by atoms with E-state index in [-0.39, 0.29) is 22.3 Å². The molecule has 5 rings (SSSR count). The van der Waals surface area contributed by atoms with Gasteiger partial charge in [0.05, 0.1) is 12.2 Å². The van der Waals surface area contributed by atoms with Gasteiger partial charge in [-0.2, -0.15) is 0 Å². The fourth-order valence-corrected chi connectivity index (χ4v) is 4.77. The van der Waals surface area contributed by atoms with E-state index >= 15 is 0 Å². The maximum absolute atomic E-state index is 14.0. The molecular weight excluding hydrogens is 564 g/mol. The van der Waals surface area contributed by atoms with Gasteiger partial charge in [-0.15, -0.1) is 0 Å². The Labute approximate surface area is 236 Å². The summed E-state index contributed by atoms with van der Waals surface area (Å²) in [6, 6.07) is 5.48. The van der Waals surface area contributed by atoms with Crippen molar-refractivity contribution in [2.24, 2.45) is 0 Å². The van der Waals surface area contributed by atoms with Crippen LogP contribution in [-0.2, 0) is 9.47 Å². The zero-order valence-electron chi connectivity index (χ0n) is 22.1. The molecule has 9 N–H and O–H groups in total. The fraction of sp³-hybridized carbons (Fsp3) is 0.444. The van der Waals surface area contributed by atoms with Crippen molar-refractivity contribution in [3.05, 3.63) is 40.6 Å². The number of hydrogen-bond donors (Lipinski definition) is 9. The number of aliphatic hydroxyl groups is 6. The van der Waals surface area contributed by atoms with Gasteiger partial charge in [-0.1, -0.05) is 0 Å². The highest BCUT2D eigenvalue weighted by molar-refractivity contribution is 5.88. The molecule has 1 aromatic heterocycles. The van der Waals surface area contributed by atoms with Crippen LogP contribution in [-0.4, -0.2) is 107 Å². The summed E-state index contributed by atoms with van der Waals surface area (Å²) in [5.41, 5.74) is -1.25. The normalized spacial score (nSPS) is 33.4. The van der Waals surface area contributed by atoms with Crippen molar-refractivity contribution in [2.45, 2.75) is 75.3 Å². The monoisotopic (exact) mass is 594 g/mol. The first kappa shape index (κ1) is 29.8. The molecule has 0 spiro atoms.